The van der Waals surface area contributed by atoms with Crippen LogP contribution in [0.2, 0.25) is 0 Å². The lowest BCUT2D eigenvalue weighted by Crippen LogP contribution is -2.38. The molecule has 0 radical (unpaired) electrons. The van der Waals surface area contributed by atoms with Gasteiger partial charge in [0, 0.05) is 13.0 Å². The Labute approximate surface area is 90.1 Å². The van der Waals surface area contributed by atoms with E-state index in [1.54, 1.807) is 0 Å². The van der Waals surface area contributed by atoms with Crippen molar-refractivity contribution >= 4 is 5.97 Å². The summed E-state index contributed by atoms with van der Waals surface area (Å²) in [5, 5.41) is 9.24. The second-order valence-corrected chi connectivity index (χ2v) is 4.67. The van der Waals surface area contributed by atoms with Gasteiger partial charge in [-0.1, -0.05) is 11.1 Å². The smallest absolute Gasteiger partial charge is 0.336 e. The molecule has 15 heavy (non-hydrogen) atoms. The van der Waals surface area contributed by atoms with Crippen molar-refractivity contribution in [3.05, 3.63) is 11.1 Å². The minimum Gasteiger partial charge on any atom is -0.479 e. The Morgan fingerprint density at radius 3 is 2.60 bits per heavy atom. The first kappa shape index (κ1) is 10.7. The van der Waals surface area contributed by atoms with Crippen molar-refractivity contribution in [3.8, 4) is 0 Å². The molecule has 1 saturated carbocycles. The highest BCUT2D eigenvalue weighted by Gasteiger charge is 2.43. The fourth-order valence-electron chi connectivity index (χ4n) is 2.41. The zero-order valence-corrected chi connectivity index (χ0v) is 9.21. The first-order valence-electron chi connectivity index (χ1n) is 5.69. The lowest BCUT2D eigenvalue weighted by Gasteiger charge is -2.27. The number of allylic oxidation sites excluding steroid dienone is 1. The summed E-state index contributed by atoms with van der Waals surface area (Å²) in [7, 11) is 0. The van der Waals surface area contributed by atoms with Crippen molar-refractivity contribution in [1.82, 2.24) is 0 Å². The Kier molecular flexibility index (Phi) is 2.83. The summed E-state index contributed by atoms with van der Waals surface area (Å²) < 4.78 is 5.46. The van der Waals surface area contributed by atoms with Crippen LogP contribution in [-0.4, -0.2) is 23.3 Å². The number of carbonyl (C=O) groups is 1. The zero-order valence-electron chi connectivity index (χ0n) is 9.21. The first-order valence-corrected chi connectivity index (χ1v) is 5.69. The van der Waals surface area contributed by atoms with E-state index in [2.05, 4.69) is 6.92 Å². The Bertz CT molecular complexity index is 292. The molecule has 2 aliphatic rings. The van der Waals surface area contributed by atoms with Crippen LogP contribution in [0.3, 0.4) is 0 Å². The molecule has 1 atom stereocenters. The third-order valence-corrected chi connectivity index (χ3v) is 3.60. The second kappa shape index (κ2) is 3.97. The van der Waals surface area contributed by atoms with Crippen molar-refractivity contribution < 1.29 is 14.6 Å². The molecule has 2 rings (SSSR count). The molecule has 1 N–H and O–H groups in total. The maximum absolute atomic E-state index is 11.2. The highest BCUT2D eigenvalue weighted by Crippen LogP contribution is 2.37. The van der Waals surface area contributed by atoms with Gasteiger partial charge < -0.3 is 9.84 Å². The highest BCUT2D eigenvalue weighted by atomic mass is 16.5. The number of ether oxygens (including phenoxy) is 1. The Balaban J connectivity index is 2.10. The van der Waals surface area contributed by atoms with Gasteiger partial charge in [0.1, 0.15) is 0 Å². The minimum atomic E-state index is -0.910. The number of rotatable bonds is 3. The van der Waals surface area contributed by atoms with E-state index in [1.807, 2.05) is 0 Å². The fraction of sp³-hybridized carbons (Fsp3) is 0.750. The summed E-state index contributed by atoms with van der Waals surface area (Å²) in [5.74, 6) is -0.792. The van der Waals surface area contributed by atoms with Gasteiger partial charge in [0.05, 0.1) is 0 Å². The molecule has 0 aromatic rings. The lowest BCUT2D eigenvalue weighted by atomic mass is 9.83. The van der Waals surface area contributed by atoms with Crippen LogP contribution in [0, 0.1) is 0 Å². The molecule has 3 nitrogen and oxygen atoms in total. The van der Waals surface area contributed by atoms with Gasteiger partial charge in [0.25, 0.3) is 0 Å². The quantitative estimate of drug-likeness (QED) is 0.728. The van der Waals surface area contributed by atoms with Gasteiger partial charge in [-0.3, -0.25) is 0 Å². The van der Waals surface area contributed by atoms with Gasteiger partial charge in [0.15, 0.2) is 5.60 Å². The van der Waals surface area contributed by atoms with Crippen LogP contribution in [0.1, 0.15) is 45.4 Å². The number of hydrogen-bond donors (Lipinski definition) is 1. The van der Waals surface area contributed by atoms with Crippen LogP contribution in [0.25, 0.3) is 0 Å². The highest BCUT2D eigenvalue weighted by molar-refractivity contribution is 5.78. The lowest BCUT2D eigenvalue weighted by molar-refractivity contribution is -0.159. The zero-order chi connectivity index (χ0) is 10.9. The molecule has 2 fully saturated rings. The molecule has 0 spiro atoms. The summed E-state index contributed by atoms with van der Waals surface area (Å²) >= 11 is 0. The van der Waals surface area contributed by atoms with Crippen LogP contribution in [-0.2, 0) is 9.53 Å². The molecule has 1 heterocycles. The van der Waals surface area contributed by atoms with Crippen LogP contribution in [0.4, 0.5) is 0 Å². The summed E-state index contributed by atoms with van der Waals surface area (Å²) in [6.07, 6.45) is 5.68. The summed E-state index contributed by atoms with van der Waals surface area (Å²) in [6.45, 7) is 2.65. The number of carboxylic acid groups (broad SMARTS) is 1. The van der Waals surface area contributed by atoms with Gasteiger partial charge in [-0.15, -0.1) is 0 Å². The van der Waals surface area contributed by atoms with Crippen molar-refractivity contribution in [3.63, 3.8) is 0 Å². The fourth-order valence-corrected chi connectivity index (χ4v) is 2.41. The van der Waals surface area contributed by atoms with E-state index in [0.29, 0.717) is 19.4 Å². The van der Waals surface area contributed by atoms with E-state index in [1.165, 1.54) is 17.6 Å². The monoisotopic (exact) mass is 210 g/mol. The average Bonchev–Trinajstić information content (AvgIpc) is 2.50. The van der Waals surface area contributed by atoms with Crippen molar-refractivity contribution in [2.75, 3.05) is 6.61 Å². The molecule has 1 unspecified atom stereocenters. The molecule has 0 bridgehead atoms. The SMILES string of the molecule is CC(CC1(C(=O)O)CCCO1)=C1CCC1. The van der Waals surface area contributed by atoms with E-state index in [0.717, 1.165) is 19.3 Å². The minimum absolute atomic E-state index is 0.581. The Morgan fingerprint density at radius 1 is 1.47 bits per heavy atom. The third-order valence-electron chi connectivity index (χ3n) is 3.60. The van der Waals surface area contributed by atoms with Crippen molar-refractivity contribution in [1.29, 1.82) is 0 Å². The largest absolute Gasteiger partial charge is 0.479 e. The van der Waals surface area contributed by atoms with E-state index in [4.69, 9.17) is 4.74 Å². The molecular formula is C12H18O3. The van der Waals surface area contributed by atoms with E-state index >= 15 is 0 Å². The maximum atomic E-state index is 11.2. The predicted molar refractivity (Wildman–Crippen MR) is 56.7 cm³/mol. The first-order chi connectivity index (χ1) is 7.14. The predicted octanol–water partition coefficient (Wildman–Crippen LogP) is 2.51. The van der Waals surface area contributed by atoms with Gasteiger partial charge >= 0.3 is 5.97 Å². The molecule has 1 aliphatic heterocycles. The molecule has 84 valence electrons. The average molecular weight is 210 g/mol. The number of hydrogen-bond acceptors (Lipinski definition) is 2. The van der Waals surface area contributed by atoms with E-state index in [9.17, 15) is 9.90 Å². The number of aliphatic carboxylic acids is 1. The summed E-state index contributed by atoms with van der Waals surface area (Å²) in [6, 6.07) is 0. The molecular weight excluding hydrogens is 192 g/mol. The van der Waals surface area contributed by atoms with Crippen LogP contribution in [0.15, 0.2) is 11.1 Å². The van der Waals surface area contributed by atoms with Crippen LogP contribution >= 0.6 is 0 Å². The second-order valence-electron chi connectivity index (χ2n) is 4.67. The topological polar surface area (TPSA) is 46.5 Å². The van der Waals surface area contributed by atoms with Gasteiger partial charge in [-0.2, -0.15) is 0 Å². The van der Waals surface area contributed by atoms with E-state index < -0.39 is 11.6 Å². The number of carboxylic acids is 1. The maximum Gasteiger partial charge on any atom is 0.336 e. The molecule has 0 aromatic carbocycles. The van der Waals surface area contributed by atoms with E-state index in [-0.39, 0.29) is 0 Å². The molecule has 1 saturated heterocycles. The van der Waals surface area contributed by atoms with Crippen LogP contribution < -0.4 is 0 Å². The molecule has 3 heteroatoms. The van der Waals surface area contributed by atoms with Gasteiger partial charge in [0.2, 0.25) is 0 Å². The Morgan fingerprint density at radius 2 is 2.20 bits per heavy atom. The third kappa shape index (κ3) is 1.93. The molecule has 0 aromatic heterocycles. The van der Waals surface area contributed by atoms with Crippen LogP contribution in [0.5, 0.6) is 0 Å². The molecule has 1 aliphatic carbocycles. The summed E-state index contributed by atoms with van der Waals surface area (Å²) in [5.41, 5.74) is 1.78. The molecule has 0 amide bonds. The Hall–Kier alpha value is -0.830. The van der Waals surface area contributed by atoms with Crippen molar-refractivity contribution in [2.24, 2.45) is 0 Å². The normalized spacial score (nSPS) is 30.1. The van der Waals surface area contributed by atoms with Crippen molar-refractivity contribution in [2.45, 2.75) is 51.0 Å². The van der Waals surface area contributed by atoms with Gasteiger partial charge in [-0.25, -0.2) is 4.79 Å². The standard InChI is InChI=1S/C12H18O3/c1-9(10-4-2-5-10)8-12(11(13)14)6-3-7-15-12/h2-8H2,1H3,(H,13,14). The summed E-state index contributed by atoms with van der Waals surface area (Å²) in [4.78, 5) is 11.2. The van der Waals surface area contributed by atoms with Gasteiger partial charge in [-0.05, 0) is 39.0 Å².